The topological polar surface area (TPSA) is 54.2 Å². The first kappa shape index (κ1) is 21.6. The van der Waals surface area contributed by atoms with E-state index in [1.54, 1.807) is 7.11 Å². The minimum absolute atomic E-state index is 0.254. The molecule has 0 amide bonds. The van der Waals surface area contributed by atoms with Crippen LogP contribution in [0.15, 0.2) is 84.0 Å². The van der Waals surface area contributed by atoms with Crippen LogP contribution in [0, 0.1) is 6.92 Å². The van der Waals surface area contributed by atoms with E-state index >= 15 is 0 Å². The molecule has 1 aliphatic heterocycles. The summed E-state index contributed by atoms with van der Waals surface area (Å²) in [6, 6.07) is 26.3. The summed E-state index contributed by atoms with van der Waals surface area (Å²) in [5.41, 5.74) is 7.08. The number of methoxy groups -OCH3 is 1. The Labute approximate surface area is 199 Å². The number of oxime groups is 1. The highest BCUT2D eigenvalue weighted by Gasteiger charge is 2.18. The molecule has 0 N–H and O–H groups in total. The maximum absolute atomic E-state index is 5.71. The molecule has 0 saturated carbocycles. The number of hydrogen-bond acceptors (Lipinski definition) is 5. The van der Waals surface area contributed by atoms with Crippen LogP contribution in [0.3, 0.4) is 0 Å². The molecule has 3 aromatic carbocycles. The van der Waals surface area contributed by atoms with Gasteiger partial charge in [0.15, 0.2) is 11.5 Å². The average Bonchev–Trinajstić information content (AvgIpc) is 3.48. The summed E-state index contributed by atoms with van der Waals surface area (Å²) in [5, 5.41) is 4.43. The fraction of sp³-hybridized carbons (Fsp3) is 0.179. The van der Waals surface area contributed by atoms with Crippen molar-refractivity contribution in [3.63, 3.8) is 0 Å². The molecule has 5 rings (SSSR count). The van der Waals surface area contributed by atoms with Crippen LogP contribution in [0.2, 0.25) is 0 Å². The molecule has 172 valence electrons. The molecule has 4 aromatic rings. The standard InChI is InChI=1S/C28H26N2O4/c1-19(29-34-17-21-12-13-27-28(14-21)33-18-32-27)25-16-26(22-8-5-4-6-9-22)30(20(25)2)23-10-7-11-24(15-23)31-3/h4-16H,17-18H2,1-3H3/b29-19+. The summed E-state index contributed by atoms with van der Waals surface area (Å²) in [6.45, 7) is 4.66. The summed E-state index contributed by atoms with van der Waals surface area (Å²) < 4.78 is 18.5. The van der Waals surface area contributed by atoms with E-state index in [1.165, 1.54) is 0 Å². The van der Waals surface area contributed by atoms with E-state index < -0.39 is 0 Å². The molecule has 6 nitrogen and oxygen atoms in total. The molecule has 2 heterocycles. The van der Waals surface area contributed by atoms with Crippen molar-refractivity contribution in [1.29, 1.82) is 0 Å². The summed E-state index contributed by atoms with van der Waals surface area (Å²) in [6.07, 6.45) is 0. The van der Waals surface area contributed by atoms with Crippen LogP contribution >= 0.6 is 0 Å². The van der Waals surface area contributed by atoms with Gasteiger partial charge in [-0.1, -0.05) is 47.6 Å². The Kier molecular flexibility index (Phi) is 5.95. The molecule has 0 aliphatic carbocycles. The molecular weight excluding hydrogens is 428 g/mol. The second-order valence-electron chi connectivity index (χ2n) is 8.07. The van der Waals surface area contributed by atoms with Gasteiger partial charge in [0.1, 0.15) is 12.4 Å². The molecule has 0 bridgehead atoms. The minimum atomic E-state index is 0.254. The Morgan fingerprint density at radius 1 is 0.941 bits per heavy atom. The SMILES string of the molecule is COc1cccc(-n2c(-c3ccccc3)cc(/C(C)=N/OCc3ccc4c(c3)OCO4)c2C)c1. The highest BCUT2D eigenvalue weighted by atomic mass is 16.7. The maximum Gasteiger partial charge on any atom is 0.231 e. The van der Waals surface area contributed by atoms with Crippen molar-refractivity contribution in [3.05, 3.63) is 95.7 Å². The lowest BCUT2D eigenvalue weighted by atomic mass is 10.1. The third kappa shape index (κ3) is 4.22. The van der Waals surface area contributed by atoms with Gasteiger partial charge in [-0.05, 0) is 55.3 Å². The first-order valence-corrected chi connectivity index (χ1v) is 11.1. The zero-order valence-corrected chi connectivity index (χ0v) is 19.4. The highest BCUT2D eigenvalue weighted by molar-refractivity contribution is 6.01. The van der Waals surface area contributed by atoms with Gasteiger partial charge in [-0.25, -0.2) is 0 Å². The molecule has 0 unspecified atom stereocenters. The van der Waals surface area contributed by atoms with Gasteiger partial charge in [-0.2, -0.15) is 0 Å². The third-order valence-electron chi connectivity index (χ3n) is 5.89. The Bertz CT molecular complexity index is 1340. The Hall–Kier alpha value is -4.19. The smallest absolute Gasteiger partial charge is 0.231 e. The van der Waals surface area contributed by atoms with Gasteiger partial charge >= 0.3 is 0 Å². The van der Waals surface area contributed by atoms with Gasteiger partial charge in [0, 0.05) is 23.0 Å². The Balaban J connectivity index is 1.46. The number of hydrogen-bond donors (Lipinski definition) is 0. The van der Waals surface area contributed by atoms with Crippen molar-refractivity contribution < 1.29 is 19.0 Å². The predicted molar refractivity (Wildman–Crippen MR) is 132 cm³/mol. The summed E-state index contributed by atoms with van der Waals surface area (Å²) in [7, 11) is 1.68. The monoisotopic (exact) mass is 454 g/mol. The predicted octanol–water partition coefficient (Wildman–Crippen LogP) is 6.13. The Morgan fingerprint density at radius 2 is 1.76 bits per heavy atom. The van der Waals surface area contributed by atoms with Gasteiger partial charge in [-0.15, -0.1) is 0 Å². The van der Waals surface area contributed by atoms with Crippen LogP contribution in [0.4, 0.5) is 0 Å². The minimum Gasteiger partial charge on any atom is -0.497 e. The number of nitrogens with zero attached hydrogens (tertiary/aromatic N) is 2. The van der Waals surface area contributed by atoms with Gasteiger partial charge in [0.25, 0.3) is 0 Å². The fourth-order valence-corrected chi connectivity index (χ4v) is 4.16. The Morgan fingerprint density at radius 3 is 2.59 bits per heavy atom. The molecule has 0 radical (unpaired) electrons. The number of benzene rings is 3. The lowest BCUT2D eigenvalue weighted by Gasteiger charge is -2.13. The van der Waals surface area contributed by atoms with Crippen LogP contribution in [0.5, 0.6) is 17.2 Å². The van der Waals surface area contributed by atoms with Gasteiger partial charge < -0.3 is 23.6 Å². The summed E-state index contributed by atoms with van der Waals surface area (Å²) in [5.74, 6) is 2.30. The molecule has 0 saturated heterocycles. The van der Waals surface area contributed by atoms with Crippen molar-refractivity contribution in [2.75, 3.05) is 13.9 Å². The quantitative estimate of drug-likeness (QED) is 0.249. The lowest BCUT2D eigenvalue weighted by molar-refractivity contribution is 0.130. The van der Waals surface area contributed by atoms with Crippen molar-refractivity contribution in [2.45, 2.75) is 20.5 Å². The van der Waals surface area contributed by atoms with Crippen LogP contribution in [-0.2, 0) is 11.4 Å². The lowest BCUT2D eigenvalue weighted by Crippen LogP contribution is -2.03. The van der Waals surface area contributed by atoms with E-state index in [9.17, 15) is 0 Å². The largest absolute Gasteiger partial charge is 0.497 e. The molecule has 0 fully saturated rings. The number of ether oxygens (including phenoxy) is 3. The van der Waals surface area contributed by atoms with E-state index in [2.05, 4.69) is 40.9 Å². The second kappa shape index (κ2) is 9.35. The molecule has 1 aliphatic rings. The molecule has 0 spiro atoms. The molecule has 34 heavy (non-hydrogen) atoms. The normalized spacial score (nSPS) is 12.6. The zero-order chi connectivity index (χ0) is 23.5. The van der Waals surface area contributed by atoms with Crippen LogP contribution in [-0.4, -0.2) is 24.2 Å². The number of fused-ring (bicyclic) bond motifs is 1. The van der Waals surface area contributed by atoms with Crippen molar-refractivity contribution in [2.24, 2.45) is 5.16 Å². The first-order valence-electron chi connectivity index (χ1n) is 11.1. The zero-order valence-electron chi connectivity index (χ0n) is 19.4. The van der Waals surface area contributed by atoms with E-state index in [0.717, 1.165) is 56.7 Å². The fourth-order valence-electron chi connectivity index (χ4n) is 4.16. The van der Waals surface area contributed by atoms with Crippen LogP contribution in [0.25, 0.3) is 16.9 Å². The van der Waals surface area contributed by atoms with Crippen molar-refractivity contribution >= 4 is 5.71 Å². The molecule has 6 heteroatoms. The van der Waals surface area contributed by atoms with Gasteiger partial charge in [0.2, 0.25) is 6.79 Å². The van der Waals surface area contributed by atoms with Crippen molar-refractivity contribution in [1.82, 2.24) is 4.57 Å². The van der Waals surface area contributed by atoms with Crippen LogP contribution < -0.4 is 14.2 Å². The number of aromatic nitrogens is 1. The molecule has 0 atom stereocenters. The van der Waals surface area contributed by atoms with E-state index in [4.69, 9.17) is 19.0 Å². The van der Waals surface area contributed by atoms with E-state index in [-0.39, 0.29) is 6.79 Å². The number of rotatable bonds is 7. The van der Waals surface area contributed by atoms with Gasteiger partial charge in [0.05, 0.1) is 18.5 Å². The molecule has 1 aromatic heterocycles. The van der Waals surface area contributed by atoms with Crippen LogP contribution in [0.1, 0.15) is 23.7 Å². The second-order valence-corrected chi connectivity index (χ2v) is 8.07. The highest BCUT2D eigenvalue weighted by Crippen LogP contribution is 2.33. The van der Waals surface area contributed by atoms with Crippen molar-refractivity contribution in [3.8, 4) is 34.2 Å². The molecular formula is C28H26N2O4. The summed E-state index contributed by atoms with van der Waals surface area (Å²) >= 11 is 0. The third-order valence-corrected chi connectivity index (χ3v) is 5.89. The maximum atomic E-state index is 5.71. The summed E-state index contributed by atoms with van der Waals surface area (Å²) in [4.78, 5) is 5.71. The average molecular weight is 455 g/mol. The van der Waals surface area contributed by atoms with E-state index in [1.807, 2.05) is 61.5 Å². The van der Waals surface area contributed by atoms with E-state index in [0.29, 0.717) is 6.61 Å². The van der Waals surface area contributed by atoms with Gasteiger partial charge in [-0.3, -0.25) is 0 Å². The first-order chi connectivity index (χ1) is 16.6.